The smallest absolute Gasteiger partial charge is 0.244 e. The number of nitrogens with two attached hydrogens (primary N) is 1. The van der Waals surface area contributed by atoms with Crippen LogP contribution in [0.2, 0.25) is 0 Å². The quantitative estimate of drug-likeness (QED) is 0.455. The standard InChI is InChI=1S/C18H21N3O4/c1-23-15-10-17(25-3)16(24-2)9-13(15)11-20-21-18(22)8-12-4-6-14(19)7-5-12/h4-7,9-11H,8,19H2,1-3H3,(H,21,22)/b20-11-. The van der Waals surface area contributed by atoms with Crippen LogP contribution in [0.4, 0.5) is 5.69 Å². The summed E-state index contributed by atoms with van der Waals surface area (Å²) in [6.07, 6.45) is 1.70. The van der Waals surface area contributed by atoms with Gasteiger partial charge in [0.2, 0.25) is 5.91 Å². The molecule has 0 saturated carbocycles. The lowest BCUT2D eigenvalue weighted by atomic mass is 10.1. The Morgan fingerprint density at radius 2 is 1.64 bits per heavy atom. The normalized spacial score (nSPS) is 10.5. The Morgan fingerprint density at radius 3 is 2.24 bits per heavy atom. The number of benzene rings is 2. The summed E-state index contributed by atoms with van der Waals surface area (Å²) in [6.45, 7) is 0. The number of amides is 1. The Labute approximate surface area is 146 Å². The molecule has 0 atom stereocenters. The highest BCUT2D eigenvalue weighted by molar-refractivity contribution is 5.87. The number of anilines is 1. The van der Waals surface area contributed by atoms with E-state index in [1.54, 1.807) is 50.6 Å². The Balaban J connectivity index is 2.05. The van der Waals surface area contributed by atoms with Crippen LogP contribution in [-0.2, 0) is 11.2 Å². The fourth-order valence-corrected chi connectivity index (χ4v) is 2.19. The van der Waals surface area contributed by atoms with Gasteiger partial charge in [0.25, 0.3) is 0 Å². The number of ether oxygens (including phenoxy) is 3. The van der Waals surface area contributed by atoms with Crippen molar-refractivity contribution >= 4 is 17.8 Å². The summed E-state index contributed by atoms with van der Waals surface area (Å²) in [5.41, 5.74) is 10.3. The Hall–Kier alpha value is -3.22. The zero-order valence-corrected chi connectivity index (χ0v) is 14.4. The van der Waals surface area contributed by atoms with Crippen LogP contribution in [0, 0.1) is 0 Å². The highest BCUT2D eigenvalue weighted by Gasteiger charge is 2.10. The van der Waals surface area contributed by atoms with Crippen LogP contribution in [0.3, 0.4) is 0 Å². The van der Waals surface area contributed by atoms with Crippen molar-refractivity contribution < 1.29 is 19.0 Å². The number of rotatable bonds is 7. The molecule has 7 nitrogen and oxygen atoms in total. The molecule has 2 aromatic carbocycles. The van der Waals surface area contributed by atoms with Crippen molar-refractivity contribution in [3.63, 3.8) is 0 Å². The van der Waals surface area contributed by atoms with Crippen molar-refractivity contribution in [2.24, 2.45) is 5.10 Å². The number of hydrazone groups is 1. The summed E-state index contributed by atoms with van der Waals surface area (Å²) in [7, 11) is 4.63. The minimum atomic E-state index is -0.236. The third-order valence-corrected chi connectivity index (χ3v) is 3.47. The van der Waals surface area contributed by atoms with Gasteiger partial charge in [-0.3, -0.25) is 4.79 Å². The van der Waals surface area contributed by atoms with Crippen LogP contribution < -0.4 is 25.4 Å². The molecule has 0 aliphatic rings. The summed E-state index contributed by atoms with van der Waals surface area (Å²) in [5, 5.41) is 3.97. The van der Waals surface area contributed by atoms with E-state index in [0.717, 1.165) is 5.56 Å². The van der Waals surface area contributed by atoms with Gasteiger partial charge >= 0.3 is 0 Å². The monoisotopic (exact) mass is 343 g/mol. The first kappa shape index (κ1) is 18.1. The Kier molecular flexibility index (Phi) is 6.22. The van der Waals surface area contributed by atoms with E-state index in [-0.39, 0.29) is 12.3 Å². The second-order valence-electron chi connectivity index (χ2n) is 5.16. The van der Waals surface area contributed by atoms with Gasteiger partial charge in [0.15, 0.2) is 11.5 Å². The average molecular weight is 343 g/mol. The van der Waals surface area contributed by atoms with Gasteiger partial charge in [0, 0.05) is 17.3 Å². The van der Waals surface area contributed by atoms with Crippen LogP contribution >= 0.6 is 0 Å². The maximum Gasteiger partial charge on any atom is 0.244 e. The largest absolute Gasteiger partial charge is 0.496 e. The summed E-state index contributed by atoms with van der Waals surface area (Å²) >= 11 is 0. The number of carbonyl (C=O) groups excluding carboxylic acids is 1. The minimum absolute atomic E-state index is 0.209. The molecule has 1 amide bonds. The predicted octanol–water partition coefficient (Wildman–Crippen LogP) is 1.99. The van der Waals surface area contributed by atoms with Gasteiger partial charge in [0.05, 0.1) is 34.0 Å². The van der Waals surface area contributed by atoms with Crippen LogP contribution in [0.25, 0.3) is 0 Å². The summed E-state index contributed by atoms with van der Waals surface area (Å²) < 4.78 is 15.8. The molecule has 0 fully saturated rings. The third-order valence-electron chi connectivity index (χ3n) is 3.47. The van der Waals surface area contributed by atoms with Crippen molar-refractivity contribution in [2.75, 3.05) is 27.1 Å². The zero-order chi connectivity index (χ0) is 18.2. The molecule has 2 rings (SSSR count). The highest BCUT2D eigenvalue weighted by atomic mass is 16.5. The number of carbonyl (C=O) groups is 1. The van der Waals surface area contributed by atoms with Crippen LogP contribution in [-0.4, -0.2) is 33.5 Å². The average Bonchev–Trinajstić information content (AvgIpc) is 2.63. The fourth-order valence-electron chi connectivity index (χ4n) is 2.19. The van der Waals surface area contributed by atoms with Gasteiger partial charge in [-0.2, -0.15) is 5.10 Å². The topological polar surface area (TPSA) is 95.2 Å². The molecule has 2 aromatic rings. The van der Waals surface area contributed by atoms with E-state index in [4.69, 9.17) is 19.9 Å². The summed E-state index contributed by atoms with van der Waals surface area (Å²) in [4.78, 5) is 11.9. The molecular formula is C18H21N3O4. The van der Waals surface area contributed by atoms with Crippen molar-refractivity contribution in [1.29, 1.82) is 0 Å². The van der Waals surface area contributed by atoms with E-state index in [1.807, 2.05) is 0 Å². The molecule has 3 N–H and O–H groups in total. The first-order valence-electron chi connectivity index (χ1n) is 7.53. The minimum Gasteiger partial charge on any atom is -0.496 e. The maximum absolute atomic E-state index is 11.9. The lowest BCUT2D eigenvalue weighted by Crippen LogP contribution is -2.19. The third kappa shape index (κ3) is 4.87. The first-order valence-corrected chi connectivity index (χ1v) is 7.53. The predicted molar refractivity (Wildman–Crippen MR) is 96.4 cm³/mol. The second kappa shape index (κ2) is 8.58. The SMILES string of the molecule is COc1cc(OC)c(OC)cc1/C=N\NC(=O)Cc1ccc(N)cc1. The van der Waals surface area contributed by atoms with Gasteiger partial charge in [-0.05, 0) is 23.8 Å². The first-order chi connectivity index (χ1) is 12.1. The molecular weight excluding hydrogens is 322 g/mol. The number of methoxy groups -OCH3 is 3. The molecule has 132 valence electrons. The molecule has 0 heterocycles. The zero-order valence-electron chi connectivity index (χ0n) is 14.4. The Bertz CT molecular complexity index is 758. The second-order valence-corrected chi connectivity index (χ2v) is 5.16. The molecule has 0 aliphatic carbocycles. The number of nitrogen functional groups attached to an aromatic ring is 1. The molecule has 0 spiro atoms. The van der Waals surface area contributed by atoms with Gasteiger partial charge in [-0.25, -0.2) is 5.43 Å². The summed E-state index contributed by atoms with van der Waals surface area (Å²) in [6, 6.07) is 10.5. The number of hydrogen-bond acceptors (Lipinski definition) is 6. The molecule has 0 aromatic heterocycles. The van der Waals surface area contributed by atoms with E-state index in [1.165, 1.54) is 13.3 Å². The molecule has 0 unspecified atom stereocenters. The maximum atomic E-state index is 11.9. The van der Waals surface area contributed by atoms with Gasteiger partial charge in [0.1, 0.15) is 5.75 Å². The number of hydrogen-bond donors (Lipinski definition) is 2. The molecule has 0 aliphatic heterocycles. The van der Waals surface area contributed by atoms with Gasteiger partial charge in [-0.15, -0.1) is 0 Å². The van der Waals surface area contributed by atoms with Crippen molar-refractivity contribution in [2.45, 2.75) is 6.42 Å². The molecule has 25 heavy (non-hydrogen) atoms. The van der Waals surface area contributed by atoms with E-state index in [2.05, 4.69) is 10.5 Å². The lowest BCUT2D eigenvalue weighted by Gasteiger charge is -2.11. The van der Waals surface area contributed by atoms with Crippen LogP contribution in [0.5, 0.6) is 17.2 Å². The molecule has 0 saturated heterocycles. The van der Waals surface area contributed by atoms with Crippen molar-refractivity contribution in [3.8, 4) is 17.2 Å². The highest BCUT2D eigenvalue weighted by Crippen LogP contribution is 2.33. The molecule has 7 heteroatoms. The van der Waals surface area contributed by atoms with Crippen LogP contribution in [0.15, 0.2) is 41.5 Å². The van der Waals surface area contributed by atoms with Gasteiger partial charge < -0.3 is 19.9 Å². The van der Waals surface area contributed by atoms with Crippen molar-refractivity contribution in [1.82, 2.24) is 5.43 Å². The number of nitrogens with zero attached hydrogens (tertiary/aromatic N) is 1. The molecule has 0 bridgehead atoms. The number of nitrogens with one attached hydrogen (secondary N) is 1. The summed E-state index contributed by atoms with van der Waals surface area (Å²) in [5.74, 6) is 1.40. The van der Waals surface area contributed by atoms with E-state index in [0.29, 0.717) is 28.5 Å². The lowest BCUT2D eigenvalue weighted by molar-refractivity contribution is -0.120. The van der Waals surface area contributed by atoms with E-state index >= 15 is 0 Å². The Morgan fingerprint density at radius 1 is 1.04 bits per heavy atom. The van der Waals surface area contributed by atoms with Gasteiger partial charge in [-0.1, -0.05) is 12.1 Å². The molecule has 0 radical (unpaired) electrons. The van der Waals surface area contributed by atoms with Crippen molar-refractivity contribution in [3.05, 3.63) is 47.5 Å². The van der Waals surface area contributed by atoms with E-state index in [9.17, 15) is 4.79 Å². The van der Waals surface area contributed by atoms with E-state index < -0.39 is 0 Å². The van der Waals surface area contributed by atoms with Crippen LogP contribution in [0.1, 0.15) is 11.1 Å². The fraction of sp³-hybridized carbons (Fsp3) is 0.222.